The van der Waals surface area contributed by atoms with E-state index in [1.165, 1.54) is 6.92 Å². The summed E-state index contributed by atoms with van der Waals surface area (Å²) in [7, 11) is 2.15. The monoisotopic (exact) mass is 326 g/mol. The van der Waals surface area contributed by atoms with E-state index >= 15 is 0 Å². The molecule has 2 amide bonds. The van der Waals surface area contributed by atoms with Crippen LogP contribution in [-0.2, 0) is 14.3 Å². The fourth-order valence-corrected chi connectivity index (χ4v) is 3.38. The van der Waals surface area contributed by atoms with Crippen molar-refractivity contribution in [2.45, 2.75) is 31.7 Å². The van der Waals surface area contributed by atoms with E-state index in [0.717, 1.165) is 52.2 Å². The van der Waals surface area contributed by atoms with Crippen molar-refractivity contribution in [3.63, 3.8) is 0 Å². The fourth-order valence-electron chi connectivity index (χ4n) is 3.38. The van der Waals surface area contributed by atoms with Crippen LogP contribution in [-0.4, -0.2) is 86.7 Å². The number of carbonyl (C=O) groups excluding carboxylic acids is 2. The predicted molar refractivity (Wildman–Crippen MR) is 88.2 cm³/mol. The highest BCUT2D eigenvalue weighted by atomic mass is 16.5. The number of nitrogens with zero attached hydrogens (tertiary/aromatic N) is 2. The number of ether oxygens (including phenoxy) is 1. The highest BCUT2D eigenvalue weighted by Gasteiger charge is 2.39. The van der Waals surface area contributed by atoms with E-state index in [0.29, 0.717) is 19.5 Å². The first kappa shape index (κ1) is 18.2. The van der Waals surface area contributed by atoms with Gasteiger partial charge in [0.2, 0.25) is 11.8 Å². The van der Waals surface area contributed by atoms with E-state index in [4.69, 9.17) is 4.74 Å². The van der Waals surface area contributed by atoms with Gasteiger partial charge in [-0.05, 0) is 33.0 Å². The van der Waals surface area contributed by atoms with Gasteiger partial charge in [-0.25, -0.2) is 0 Å². The third kappa shape index (κ3) is 5.44. The quantitative estimate of drug-likeness (QED) is 0.684. The van der Waals surface area contributed by atoms with E-state index in [1.54, 1.807) is 0 Å². The van der Waals surface area contributed by atoms with Gasteiger partial charge in [0.1, 0.15) is 0 Å². The first-order valence-corrected chi connectivity index (χ1v) is 8.54. The van der Waals surface area contributed by atoms with E-state index in [2.05, 4.69) is 27.5 Å². The van der Waals surface area contributed by atoms with Gasteiger partial charge in [-0.1, -0.05) is 0 Å². The minimum atomic E-state index is -0.0992. The van der Waals surface area contributed by atoms with Crippen molar-refractivity contribution in [2.75, 3.05) is 59.5 Å². The SMILES string of the molecule is CC(=O)NCCC(=O)NCC1(N2CCOCC2)CCN(C)CC1. The first-order chi connectivity index (χ1) is 11.0. The fraction of sp³-hybridized carbons (Fsp3) is 0.875. The second kappa shape index (κ2) is 8.61. The molecule has 2 saturated heterocycles. The summed E-state index contributed by atoms with van der Waals surface area (Å²) in [5.41, 5.74) is 0.0416. The Labute approximate surface area is 138 Å². The minimum Gasteiger partial charge on any atom is -0.379 e. The zero-order valence-electron chi connectivity index (χ0n) is 14.4. The maximum Gasteiger partial charge on any atom is 0.221 e. The van der Waals surface area contributed by atoms with E-state index in [1.807, 2.05) is 0 Å². The zero-order valence-corrected chi connectivity index (χ0v) is 14.4. The minimum absolute atomic E-state index is 0.00492. The van der Waals surface area contributed by atoms with Crippen molar-refractivity contribution in [3.05, 3.63) is 0 Å². The number of hydrogen-bond acceptors (Lipinski definition) is 5. The Morgan fingerprint density at radius 1 is 1.09 bits per heavy atom. The molecular weight excluding hydrogens is 296 g/mol. The first-order valence-electron chi connectivity index (χ1n) is 8.54. The average molecular weight is 326 g/mol. The van der Waals surface area contributed by atoms with Gasteiger partial charge in [-0.3, -0.25) is 14.5 Å². The largest absolute Gasteiger partial charge is 0.379 e. The molecule has 7 heteroatoms. The van der Waals surface area contributed by atoms with Crippen molar-refractivity contribution >= 4 is 11.8 Å². The van der Waals surface area contributed by atoms with Crippen LogP contribution in [0.1, 0.15) is 26.2 Å². The zero-order chi connectivity index (χ0) is 16.7. The van der Waals surface area contributed by atoms with Crippen LogP contribution in [0.15, 0.2) is 0 Å². The van der Waals surface area contributed by atoms with E-state index in [9.17, 15) is 9.59 Å². The van der Waals surface area contributed by atoms with E-state index < -0.39 is 0 Å². The van der Waals surface area contributed by atoms with Crippen LogP contribution in [0.25, 0.3) is 0 Å². The van der Waals surface area contributed by atoms with Gasteiger partial charge in [-0.2, -0.15) is 0 Å². The highest BCUT2D eigenvalue weighted by Crippen LogP contribution is 2.29. The predicted octanol–water partition coefficient (Wildman–Crippen LogP) is -0.575. The van der Waals surface area contributed by atoms with Crippen LogP contribution in [0.4, 0.5) is 0 Å². The molecule has 0 aromatic carbocycles. The lowest BCUT2D eigenvalue weighted by Crippen LogP contribution is -2.62. The van der Waals surface area contributed by atoms with Crippen molar-refractivity contribution in [1.29, 1.82) is 0 Å². The van der Waals surface area contributed by atoms with Crippen molar-refractivity contribution < 1.29 is 14.3 Å². The second-order valence-electron chi connectivity index (χ2n) is 6.64. The van der Waals surface area contributed by atoms with Crippen molar-refractivity contribution in [2.24, 2.45) is 0 Å². The third-order valence-electron chi connectivity index (χ3n) is 4.94. The number of nitrogens with one attached hydrogen (secondary N) is 2. The molecule has 0 atom stereocenters. The molecule has 2 heterocycles. The molecule has 0 unspecified atom stereocenters. The molecule has 132 valence electrons. The Kier molecular flexibility index (Phi) is 6.80. The summed E-state index contributed by atoms with van der Waals surface area (Å²) in [6.45, 7) is 8.06. The van der Waals surface area contributed by atoms with Crippen LogP contribution < -0.4 is 10.6 Å². The van der Waals surface area contributed by atoms with Gasteiger partial charge in [0.15, 0.2) is 0 Å². The molecule has 2 rings (SSSR count). The molecule has 2 aliphatic rings. The molecule has 2 aliphatic heterocycles. The molecule has 0 radical (unpaired) electrons. The summed E-state index contributed by atoms with van der Waals surface area (Å²) in [6.07, 6.45) is 2.46. The maximum absolute atomic E-state index is 12.0. The molecule has 23 heavy (non-hydrogen) atoms. The third-order valence-corrected chi connectivity index (χ3v) is 4.94. The molecule has 0 aromatic rings. The maximum atomic E-state index is 12.0. The Morgan fingerprint density at radius 3 is 2.35 bits per heavy atom. The average Bonchev–Trinajstić information content (AvgIpc) is 2.55. The van der Waals surface area contributed by atoms with E-state index in [-0.39, 0.29) is 17.4 Å². The summed E-state index contributed by atoms with van der Waals surface area (Å²) in [4.78, 5) is 27.7. The normalized spacial score (nSPS) is 22.5. The molecule has 0 spiro atoms. The lowest BCUT2D eigenvalue weighted by molar-refractivity contribution is -0.122. The number of rotatable bonds is 6. The molecule has 0 saturated carbocycles. The summed E-state index contributed by atoms with van der Waals surface area (Å²) in [5.74, 6) is -0.0942. The lowest BCUT2D eigenvalue weighted by Gasteiger charge is -2.49. The van der Waals surface area contributed by atoms with Crippen LogP contribution in [0, 0.1) is 0 Å². The summed E-state index contributed by atoms with van der Waals surface area (Å²) in [5, 5.41) is 5.75. The highest BCUT2D eigenvalue weighted by molar-refractivity contribution is 5.77. The molecule has 2 N–H and O–H groups in total. The molecule has 0 bridgehead atoms. The Morgan fingerprint density at radius 2 is 1.74 bits per heavy atom. The van der Waals surface area contributed by atoms with Crippen LogP contribution in [0.3, 0.4) is 0 Å². The molecular formula is C16H30N4O3. The van der Waals surface area contributed by atoms with Gasteiger partial charge >= 0.3 is 0 Å². The summed E-state index contributed by atoms with van der Waals surface area (Å²) < 4.78 is 5.48. The Hall–Kier alpha value is -1.18. The van der Waals surface area contributed by atoms with Crippen LogP contribution in [0.2, 0.25) is 0 Å². The van der Waals surface area contributed by atoms with Gasteiger partial charge in [-0.15, -0.1) is 0 Å². The number of piperidine rings is 1. The standard InChI is InChI=1S/C16H30N4O3/c1-14(21)17-6-3-15(22)18-13-16(4-7-19(2)8-5-16)20-9-11-23-12-10-20/h3-13H2,1-2H3,(H,17,21)(H,18,22). The number of amides is 2. The van der Waals surface area contributed by atoms with Gasteiger partial charge in [0, 0.05) is 45.1 Å². The number of morpholine rings is 1. The Bertz CT molecular complexity index is 402. The van der Waals surface area contributed by atoms with Crippen LogP contribution in [0.5, 0.6) is 0 Å². The van der Waals surface area contributed by atoms with Gasteiger partial charge in [0.25, 0.3) is 0 Å². The molecule has 2 fully saturated rings. The lowest BCUT2D eigenvalue weighted by atomic mass is 9.85. The molecule has 7 nitrogen and oxygen atoms in total. The van der Waals surface area contributed by atoms with Gasteiger partial charge in [0.05, 0.1) is 13.2 Å². The summed E-state index contributed by atoms with van der Waals surface area (Å²) >= 11 is 0. The molecule has 0 aromatic heterocycles. The number of hydrogen-bond donors (Lipinski definition) is 2. The van der Waals surface area contributed by atoms with Crippen molar-refractivity contribution in [3.8, 4) is 0 Å². The number of likely N-dealkylation sites (tertiary alicyclic amines) is 1. The smallest absolute Gasteiger partial charge is 0.221 e. The summed E-state index contributed by atoms with van der Waals surface area (Å²) in [6, 6.07) is 0. The van der Waals surface area contributed by atoms with Crippen LogP contribution >= 0.6 is 0 Å². The molecule has 0 aliphatic carbocycles. The Balaban J connectivity index is 1.87. The van der Waals surface area contributed by atoms with Crippen molar-refractivity contribution in [1.82, 2.24) is 20.4 Å². The second-order valence-corrected chi connectivity index (χ2v) is 6.64. The van der Waals surface area contributed by atoms with Gasteiger partial charge < -0.3 is 20.3 Å². The topological polar surface area (TPSA) is 73.9 Å². The number of carbonyl (C=O) groups is 2.